The Morgan fingerprint density at radius 1 is 1.00 bits per heavy atom. The summed E-state index contributed by atoms with van der Waals surface area (Å²) in [4.78, 5) is 44.4. The van der Waals surface area contributed by atoms with Crippen molar-refractivity contribution in [2.24, 2.45) is 11.8 Å². The van der Waals surface area contributed by atoms with Crippen LogP contribution in [-0.2, 0) is 44.2 Å². The summed E-state index contributed by atoms with van der Waals surface area (Å²) in [5, 5.41) is 29.1. The van der Waals surface area contributed by atoms with Crippen molar-refractivity contribution >= 4 is 34.8 Å². The van der Waals surface area contributed by atoms with Gasteiger partial charge in [-0.05, 0) is 56.2 Å². The van der Waals surface area contributed by atoms with Crippen LogP contribution >= 0.6 is 0 Å². The van der Waals surface area contributed by atoms with Gasteiger partial charge in [0.2, 0.25) is 11.8 Å². The Morgan fingerprint density at radius 2 is 1.67 bits per heavy atom. The maximum Gasteiger partial charge on any atom is 0.264 e. The third-order valence-electron chi connectivity index (χ3n) is 10.2. The molecule has 1 spiro atoms. The molecule has 2 aromatic carbocycles. The number of aliphatic hydroxyl groups excluding tert-OH is 1. The molecule has 12 heteroatoms. The number of aliphatic hydroxyl groups is 2. The van der Waals surface area contributed by atoms with E-state index < -0.39 is 29.1 Å². The first kappa shape index (κ1) is 30.5. The molecule has 4 atom stereocenters. The van der Waals surface area contributed by atoms with Crippen LogP contribution in [0.15, 0.2) is 48.7 Å². The van der Waals surface area contributed by atoms with Crippen LogP contribution in [0.4, 0.5) is 17.1 Å². The zero-order chi connectivity index (χ0) is 32.4. The third-order valence-corrected chi connectivity index (χ3v) is 10.2. The lowest BCUT2D eigenvalue weighted by Crippen LogP contribution is -2.46. The zero-order valence-corrected chi connectivity index (χ0v) is 26.4. The molecule has 4 aliphatic rings. The van der Waals surface area contributed by atoms with E-state index >= 15 is 0 Å². The van der Waals surface area contributed by atoms with Crippen molar-refractivity contribution in [2.75, 3.05) is 34.4 Å². The summed E-state index contributed by atoms with van der Waals surface area (Å²) in [7, 11) is 0. The first-order valence-corrected chi connectivity index (χ1v) is 16.1. The molecule has 3 saturated heterocycles. The average molecular weight is 629 g/mol. The monoisotopic (exact) mass is 628 g/mol. The fourth-order valence-corrected chi connectivity index (χ4v) is 7.74. The summed E-state index contributed by atoms with van der Waals surface area (Å²) in [5.74, 6) is -0.861. The molecule has 0 aliphatic carbocycles. The van der Waals surface area contributed by atoms with Crippen LogP contribution in [0.25, 0.3) is 0 Å². The van der Waals surface area contributed by atoms with Gasteiger partial charge in [0.1, 0.15) is 0 Å². The predicted octanol–water partition coefficient (Wildman–Crippen LogP) is 2.54. The second-order valence-corrected chi connectivity index (χ2v) is 13.4. The Kier molecular flexibility index (Phi) is 7.49. The van der Waals surface area contributed by atoms with E-state index in [9.17, 15) is 24.6 Å². The number of aromatic nitrogens is 3. The fourth-order valence-electron chi connectivity index (χ4n) is 7.74. The number of carbonyl (C=O) groups is 3. The summed E-state index contributed by atoms with van der Waals surface area (Å²) in [6.45, 7) is 7.56. The van der Waals surface area contributed by atoms with E-state index in [1.807, 2.05) is 49.4 Å². The first-order chi connectivity index (χ1) is 22.0. The lowest BCUT2D eigenvalue weighted by molar-refractivity contribution is -0.146. The molecule has 12 nitrogen and oxygen atoms in total. The highest BCUT2D eigenvalue weighted by molar-refractivity contribution is 6.09. The largest absolute Gasteiger partial charge is 0.396 e. The van der Waals surface area contributed by atoms with E-state index in [0.29, 0.717) is 63.1 Å². The van der Waals surface area contributed by atoms with E-state index in [2.05, 4.69) is 10.3 Å². The number of anilines is 3. The van der Waals surface area contributed by atoms with E-state index in [1.54, 1.807) is 39.4 Å². The predicted molar refractivity (Wildman–Crippen MR) is 169 cm³/mol. The van der Waals surface area contributed by atoms with Crippen LogP contribution in [0.5, 0.6) is 0 Å². The maximum atomic E-state index is 14.8. The summed E-state index contributed by atoms with van der Waals surface area (Å²) < 4.78 is 8.64. The standard InChI is InChI=1S/C34H40N6O6/c1-21-31(33(2,3)45)28(10-14-37-20-23(13-17-41)35-36-37)46-34(21)26-18-25(39-16-12-30(39)43)8-9-27(26)40(32(34)44)19-22-4-6-24(7-5-22)38-15-11-29(38)42/h4-9,18,20-21,28,31,41,45H,10-17,19H2,1-3H3/t21-,28+,31-,34+/m0/s1. The highest BCUT2D eigenvalue weighted by Crippen LogP contribution is 2.58. The van der Waals surface area contributed by atoms with Gasteiger partial charge in [-0.15, -0.1) is 5.10 Å². The van der Waals surface area contributed by atoms with Crippen LogP contribution < -0.4 is 14.7 Å². The van der Waals surface area contributed by atoms with Crippen LogP contribution in [0.3, 0.4) is 0 Å². The summed E-state index contributed by atoms with van der Waals surface area (Å²) in [6.07, 6.45) is 3.24. The number of β-lactam (4-membered cyclic amide) rings is 2. The van der Waals surface area contributed by atoms with Crippen molar-refractivity contribution in [2.45, 2.75) is 76.9 Å². The van der Waals surface area contributed by atoms with Crippen molar-refractivity contribution < 1.29 is 29.3 Å². The molecule has 242 valence electrons. The Hall–Kier alpha value is -4.13. The van der Waals surface area contributed by atoms with Crippen molar-refractivity contribution in [3.63, 3.8) is 0 Å². The van der Waals surface area contributed by atoms with Gasteiger partial charge >= 0.3 is 0 Å². The molecule has 3 fully saturated rings. The minimum atomic E-state index is -1.37. The molecule has 46 heavy (non-hydrogen) atoms. The van der Waals surface area contributed by atoms with E-state index in [4.69, 9.17) is 4.74 Å². The second-order valence-electron chi connectivity index (χ2n) is 13.4. The number of fused-ring (bicyclic) bond motifs is 2. The van der Waals surface area contributed by atoms with Crippen molar-refractivity contribution in [3.05, 3.63) is 65.5 Å². The molecule has 2 N–H and O–H groups in total. The number of aryl methyl sites for hydroxylation is 1. The molecule has 5 heterocycles. The first-order valence-electron chi connectivity index (χ1n) is 16.1. The molecular formula is C34H40N6O6. The van der Waals surface area contributed by atoms with Gasteiger partial charge in [0, 0.05) is 80.5 Å². The molecule has 0 saturated carbocycles. The number of hydrogen-bond acceptors (Lipinski definition) is 8. The van der Waals surface area contributed by atoms with Gasteiger partial charge in [-0.2, -0.15) is 0 Å². The molecule has 1 aromatic heterocycles. The van der Waals surface area contributed by atoms with Crippen molar-refractivity contribution in [3.8, 4) is 0 Å². The van der Waals surface area contributed by atoms with Gasteiger partial charge in [-0.25, -0.2) is 0 Å². The minimum absolute atomic E-state index is 0.0173. The topological polar surface area (TPSA) is 141 Å². The molecule has 4 aliphatic heterocycles. The second kappa shape index (κ2) is 11.3. The zero-order valence-electron chi connectivity index (χ0n) is 26.4. The molecule has 3 amide bonds. The summed E-state index contributed by atoms with van der Waals surface area (Å²) in [6, 6.07) is 13.4. The molecule has 0 bridgehead atoms. The van der Waals surface area contributed by atoms with Crippen LogP contribution in [0.1, 0.15) is 56.9 Å². The average Bonchev–Trinajstić information content (AvgIpc) is 3.65. The summed E-state index contributed by atoms with van der Waals surface area (Å²) in [5.41, 5.74) is 2.04. The molecule has 7 rings (SSSR count). The third kappa shape index (κ3) is 4.90. The molecule has 0 unspecified atom stereocenters. The fraction of sp³-hybridized carbons (Fsp3) is 0.500. The van der Waals surface area contributed by atoms with Crippen molar-refractivity contribution in [1.29, 1.82) is 0 Å². The minimum Gasteiger partial charge on any atom is -0.396 e. The van der Waals surface area contributed by atoms with Gasteiger partial charge in [-0.1, -0.05) is 24.3 Å². The van der Waals surface area contributed by atoms with Crippen LogP contribution in [0.2, 0.25) is 0 Å². The quantitative estimate of drug-likeness (QED) is 0.327. The Bertz CT molecular complexity index is 1680. The number of rotatable bonds is 10. The number of amides is 3. The molecule has 0 radical (unpaired) electrons. The van der Waals surface area contributed by atoms with E-state index in [1.165, 1.54) is 0 Å². The van der Waals surface area contributed by atoms with Gasteiger partial charge in [0.15, 0.2) is 5.60 Å². The SMILES string of the molecule is C[C@H]1[C@H](C(C)(C)O)[C@@H](CCn2cc(CCO)nn2)O[C@]12C(=O)N(Cc1ccc(N3CCC3=O)cc1)c1ccc(N3CCC3=O)cc12. The number of nitrogens with zero attached hydrogens (tertiary/aromatic N) is 6. The van der Waals surface area contributed by atoms with Gasteiger partial charge < -0.3 is 29.6 Å². The van der Waals surface area contributed by atoms with Gasteiger partial charge in [0.05, 0.1) is 29.6 Å². The molecule has 3 aromatic rings. The lowest BCUT2D eigenvalue weighted by atomic mass is 9.70. The normalized spacial score (nSPS) is 25.8. The Labute approximate surface area is 267 Å². The molecular weight excluding hydrogens is 588 g/mol. The van der Waals surface area contributed by atoms with Crippen LogP contribution in [0, 0.1) is 11.8 Å². The summed E-state index contributed by atoms with van der Waals surface area (Å²) >= 11 is 0. The smallest absolute Gasteiger partial charge is 0.264 e. The van der Waals surface area contributed by atoms with Gasteiger partial charge in [0.25, 0.3) is 5.91 Å². The van der Waals surface area contributed by atoms with Crippen molar-refractivity contribution in [1.82, 2.24) is 15.0 Å². The number of hydrogen-bond donors (Lipinski definition) is 2. The maximum absolute atomic E-state index is 14.8. The Balaban J connectivity index is 1.24. The lowest BCUT2D eigenvalue weighted by Gasteiger charge is -2.34. The van der Waals surface area contributed by atoms with Crippen LogP contribution in [-0.4, -0.2) is 74.3 Å². The highest BCUT2D eigenvalue weighted by atomic mass is 16.5. The number of benzene rings is 2. The van der Waals surface area contributed by atoms with E-state index in [0.717, 1.165) is 22.6 Å². The highest BCUT2D eigenvalue weighted by Gasteiger charge is 2.65. The van der Waals surface area contributed by atoms with E-state index in [-0.39, 0.29) is 24.3 Å². The van der Waals surface area contributed by atoms with Gasteiger partial charge in [-0.3, -0.25) is 19.1 Å². The number of ether oxygens (including phenoxy) is 1. The number of carbonyl (C=O) groups excluding carboxylic acids is 3. The Morgan fingerprint density at radius 3 is 2.28 bits per heavy atom.